The van der Waals surface area contributed by atoms with Gasteiger partial charge in [0.1, 0.15) is 11.5 Å². The second kappa shape index (κ2) is 11.2. The molecule has 1 saturated heterocycles. The zero-order valence-electron chi connectivity index (χ0n) is 21.6. The number of fused-ring (bicyclic) bond motifs is 1. The molecule has 1 amide bonds. The molecule has 3 heterocycles. The maximum absolute atomic E-state index is 14.1. The predicted octanol–water partition coefficient (Wildman–Crippen LogP) is 3.01. The van der Waals surface area contributed by atoms with Gasteiger partial charge in [-0.2, -0.15) is 11.8 Å². The third-order valence-electron chi connectivity index (χ3n) is 7.62. The smallest absolute Gasteiger partial charge is 0.333 e. The minimum atomic E-state index is -3.30. The first kappa shape index (κ1) is 27.6. The van der Waals surface area contributed by atoms with Crippen LogP contribution in [-0.2, 0) is 21.1 Å². The zero-order chi connectivity index (χ0) is 27.7. The van der Waals surface area contributed by atoms with Crippen molar-refractivity contribution in [3.8, 4) is 0 Å². The van der Waals surface area contributed by atoms with Crippen molar-refractivity contribution in [2.75, 3.05) is 17.8 Å². The van der Waals surface area contributed by atoms with Crippen molar-refractivity contribution in [3.63, 3.8) is 0 Å². The average molecular weight is 575 g/mol. The Morgan fingerprint density at radius 3 is 2.31 bits per heavy atom. The van der Waals surface area contributed by atoms with Crippen molar-refractivity contribution in [1.82, 2.24) is 19.4 Å². The maximum atomic E-state index is 14.1. The molecular formula is C27H31FN4O5S2. The van der Waals surface area contributed by atoms with Gasteiger partial charge in [0.05, 0.1) is 22.9 Å². The van der Waals surface area contributed by atoms with E-state index in [0.29, 0.717) is 31.2 Å². The van der Waals surface area contributed by atoms with Gasteiger partial charge in [-0.05, 0) is 73.8 Å². The predicted molar refractivity (Wildman–Crippen MR) is 149 cm³/mol. The van der Waals surface area contributed by atoms with Crippen LogP contribution in [0.4, 0.5) is 4.39 Å². The lowest BCUT2D eigenvalue weighted by molar-refractivity contribution is -0.121. The standard InChI is InChI=1S/C27H31FN4O5S2/c1-39(36,37)22-8-2-17(3-9-22)14-24(33)30-19-4-6-20(7-5-19)32-26(34)23-15-18(28)16-29-25(23)31(27(32)35)21-10-12-38-13-11-21/h2-3,8-9,15-16,19-21H,4-7,10-14H2,1H3,(H,30,33). The topological polar surface area (TPSA) is 120 Å². The number of aromatic nitrogens is 3. The Balaban J connectivity index is 1.31. The van der Waals surface area contributed by atoms with E-state index in [4.69, 9.17) is 0 Å². The SMILES string of the molecule is CS(=O)(=O)c1ccc(CC(=O)NC2CCC(n3c(=O)c4cc(F)cnc4n(C4CCSCC4)c3=O)CC2)cc1. The van der Waals surface area contributed by atoms with Crippen LogP contribution >= 0.6 is 11.8 Å². The van der Waals surface area contributed by atoms with Crippen LogP contribution in [0.2, 0.25) is 0 Å². The van der Waals surface area contributed by atoms with Gasteiger partial charge in [0.25, 0.3) is 5.56 Å². The lowest BCUT2D eigenvalue weighted by Crippen LogP contribution is -2.46. The molecule has 1 aromatic carbocycles. The Morgan fingerprint density at radius 1 is 1.03 bits per heavy atom. The summed E-state index contributed by atoms with van der Waals surface area (Å²) in [5.41, 5.74) is 0.0332. The Morgan fingerprint density at radius 2 is 1.67 bits per heavy atom. The van der Waals surface area contributed by atoms with Gasteiger partial charge in [-0.1, -0.05) is 12.1 Å². The van der Waals surface area contributed by atoms with Crippen LogP contribution in [0.15, 0.2) is 51.0 Å². The van der Waals surface area contributed by atoms with Gasteiger partial charge in [-0.3, -0.25) is 18.7 Å². The van der Waals surface area contributed by atoms with Gasteiger partial charge in [-0.25, -0.2) is 22.6 Å². The van der Waals surface area contributed by atoms with Crippen molar-refractivity contribution in [2.45, 2.75) is 68.0 Å². The number of nitrogens with zero attached hydrogens (tertiary/aromatic N) is 3. The molecule has 9 nitrogen and oxygen atoms in total. The second-order valence-corrected chi connectivity index (χ2v) is 13.6. The van der Waals surface area contributed by atoms with Crippen LogP contribution in [-0.4, -0.2) is 52.2 Å². The number of rotatable bonds is 6. The summed E-state index contributed by atoms with van der Waals surface area (Å²) in [4.78, 5) is 44.1. The van der Waals surface area contributed by atoms with Crippen LogP contribution in [0, 0.1) is 5.82 Å². The van der Waals surface area contributed by atoms with E-state index in [0.717, 1.165) is 36.8 Å². The second-order valence-electron chi connectivity index (χ2n) is 10.4. The molecule has 2 aromatic heterocycles. The summed E-state index contributed by atoms with van der Waals surface area (Å²) >= 11 is 1.83. The number of benzene rings is 1. The molecule has 12 heteroatoms. The summed E-state index contributed by atoms with van der Waals surface area (Å²) < 4.78 is 40.3. The van der Waals surface area contributed by atoms with E-state index < -0.39 is 26.9 Å². The van der Waals surface area contributed by atoms with Gasteiger partial charge >= 0.3 is 5.69 Å². The van der Waals surface area contributed by atoms with E-state index in [-0.39, 0.29) is 46.4 Å². The number of hydrogen-bond acceptors (Lipinski definition) is 7. The first-order valence-corrected chi connectivity index (χ1v) is 16.1. The summed E-state index contributed by atoms with van der Waals surface area (Å²) in [7, 11) is -3.30. The van der Waals surface area contributed by atoms with Crippen molar-refractivity contribution < 1.29 is 17.6 Å². The third kappa shape index (κ3) is 5.96. The quantitative estimate of drug-likeness (QED) is 0.481. The van der Waals surface area contributed by atoms with Crippen molar-refractivity contribution in [2.24, 2.45) is 0 Å². The lowest BCUT2D eigenvalue weighted by Gasteiger charge is -2.31. The summed E-state index contributed by atoms with van der Waals surface area (Å²) in [5, 5.41) is 3.14. The molecule has 0 atom stereocenters. The first-order valence-electron chi connectivity index (χ1n) is 13.1. The van der Waals surface area contributed by atoms with Gasteiger partial charge in [0.15, 0.2) is 9.84 Å². The highest BCUT2D eigenvalue weighted by Gasteiger charge is 2.29. The molecule has 2 aliphatic rings. The number of nitrogens with one attached hydrogen (secondary N) is 1. The summed E-state index contributed by atoms with van der Waals surface area (Å²) in [6.07, 6.45) is 6.11. The Bertz CT molecular complexity index is 1600. The molecule has 5 rings (SSSR count). The van der Waals surface area contributed by atoms with E-state index >= 15 is 0 Å². The fourth-order valence-electron chi connectivity index (χ4n) is 5.60. The van der Waals surface area contributed by atoms with Crippen molar-refractivity contribution >= 4 is 38.5 Å². The molecule has 1 saturated carbocycles. The molecule has 0 bridgehead atoms. The Labute approximate surface area is 229 Å². The van der Waals surface area contributed by atoms with E-state index in [1.54, 1.807) is 16.7 Å². The number of amides is 1. The molecule has 1 N–H and O–H groups in total. The molecule has 1 aliphatic carbocycles. The number of thioether (sulfide) groups is 1. The summed E-state index contributed by atoms with van der Waals surface area (Å²) in [6.45, 7) is 0. The largest absolute Gasteiger partial charge is 0.353 e. The molecule has 3 aromatic rings. The molecule has 2 fully saturated rings. The van der Waals surface area contributed by atoms with Gasteiger partial charge in [0, 0.05) is 24.4 Å². The highest BCUT2D eigenvalue weighted by Crippen LogP contribution is 2.30. The molecular weight excluding hydrogens is 543 g/mol. The fourth-order valence-corrected chi connectivity index (χ4v) is 7.31. The number of pyridine rings is 1. The van der Waals surface area contributed by atoms with Crippen molar-refractivity contribution in [1.29, 1.82) is 0 Å². The minimum absolute atomic E-state index is 0.0896. The average Bonchev–Trinajstić information content (AvgIpc) is 2.90. The summed E-state index contributed by atoms with van der Waals surface area (Å²) in [5.74, 6) is 1.03. The monoisotopic (exact) mass is 574 g/mol. The van der Waals surface area contributed by atoms with E-state index in [2.05, 4.69) is 10.3 Å². The fraction of sp³-hybridized carbons (Fsp3) is 0.481. The highest BCUT2D eigenvalue weighted by molar-refractivity contribution is 7.99. The van der Waals surface area contributed by atoms with E-state index in [1.807, 2.05) is 11.8 Å². The normalized spacial score (nSPS) is 20.7. The van der Waals surface area contributed by atoms with E-state index in [9.17, 15) is 27.2 Å². The van der Waals surface area contributed by atoms with Crippen LogP contribution in [0.5, 0.6) is 0 Å². The molecule has 1 aliphatic heterocycles. The van der Waals surface area contributed by atoms with Crippen LogP contribution in [0.25, 0.3) is 11.0 Å². The number of hydrogen-bond donors (Lipinski definition) is 1. The summed E-state index contributed by atoms with van der Waals surface area (Å²) in [6, 6.07) is 6.88. The number of sulfone groups is 1. The Hall–Kier alpha value is -2.99. The molecule has 0 radical (unpaired) electrons. The Kier molecular flexibility index (Phi) is 7.95. The minimum Gasteiger partial charge on any atom is -0.353 e. The lowest BCUT2D eigenvalue weighted by atomic mass is 9.90. The molecule has 0 unspecified atom stereocenters. The van der Waals surface area contributed by atoms with E-state index in [1.165, 1.54) is 22.8 Å². The maximum Gasteiger partial charge on any atom is 0.333 e. The third-order valence-corrected chi connectivity index (χ3v) is 9.80. The van der Waals surface area contributed by atoms with Gasteiger partial charge in [0.2, 0.25) is 5.91 Å². The van der Waals surface area contributed by atoms with Crippen molar-refractivity contribution in [3.05, 3.63) is 68.7 Å². The first-order chi connectivity index (χ1) is 18.6. The molecule has 208 valence electrons. The number of halogens is 1. The van der Waals surface area contributed by atoms with Crippen LogP contribution in [0.1, 0.15) is 56.2 Å². The van der Waals surface area contributed by atoms with Gasteiger partial charge in [-0.15, -0.1) is 0 Å². The van der Waals surface area contributed by atoms with Crippen LogP contribution in [0.3, 0.4) is 0 Å². The molecule has 39 heavy (non-hydrogen) atoms. The molecule has 0 spiro atoms. The van der Waals surface area contributed by atoms with Crippen LogP contribution < -0.4 is 16.6 Å². The number of carbonyl (C=O) groups excluding carboxylic acids is 1. The zero-order valence-corrected chi connectivity index (χ0v) is 23.3. The highest BCUT2D eigenvalue weighted by atomic mass is 32.2. The van der Waals surface area contributed by atoms with Gasteiger partial charge < -0.3 is 5.32 Å². The number of carbonyl (C=O) groups is 1.